The van der Waals surface area contributed by atoms with Crippen molar-refractivity contribution < 1.29 is 4.79 Å². The normalized spacial score (nSPS) is 16.6. The molecular formula is C13H19N3O. The van der Waals surface area contributed by atoms with Gasteiger partial charge >= 0.3 is 0 Å². The maximum absolute atomic E-state index is 12.2. The smallest absolute Gasteiger partial charge is 0.239 e. The number of likely N-dealkylation sites (N-methyl/N-ethyl adjacent to an activating group) is 1. The lowest BCUT2D eigenvalue weighted by Crippen LogP contribution is -2.44. The first-order valence-corrected chi connectivity index (χ1v) is 6.09. The molecule has 2 rings (SSSR count). The lowest BCUT2D eigenvalue weighted by Gasteiger charge is -2.25. The van der Waals surface area contributed by atoms with Crippen LogP contribution in [0.25, 0.3) is 0 Å². The van der Waals surface area contributed by atoms with Gasteiger partial charge in [-0.3, -0.25) is 9.78 Å². The molecule has 1 aromatic heterocycles. The van der Waals surface area contributed by atoms with E-state index in [1.165, 1.54) is 0 Å². The number of carbonyl (C=O) groups is 1. The summed E-state index contributed by atoms with van der Waals surface area (Å²) in [6.45, 7) is 2.57. The average Bonchev–Trinajstić information content (AvgIpc) is 3.19. The molecule has 4 nitrogen and oxygen atoms in total. The van der Waals surface area contributed by atoms with Crippen LogP contribution in [0.1, 0.15) is 25.3 Å². The molecule has 0 radical (unpaired) electrons. The van der Waals surface area contributed by atoms with Crippen LogP contribution in [-0.2, 0) is 11.3 Å². The van der Waals surface area contributed by atoms with Crippen LogP contribution in [0, 0.1) is 0 Å². The highest BCUT2D eigenvalue weighted by Gasteiger charge is 2.34. The Bertz CT molecular complexity index is 376. The molecule has 1 aromatic rings. The molecule has 1 aliphatic rings. The maximum Gasteiger partial charge on any atom is 0.239 e. The summed E-state index contributed by atoms with van der Waals surface area (Å²) in [5.74, 6) is 0.179. The molecule has 0 saturated heterocycles. The lowest BCUT2D eigenvalue weighted by molar-refractivity contribution is -0.134. The fourth-order valence-electron chi connectivity index (χ4n) is 1.83. The van der Waals surface area contributed by atoms with Gasteiger partial charge in [-0.1, -0.05) is 6.07 Å². The van der Waals surface area contributed by atoms with Crippen molar-refractivity contribution in [2.45, 2.75) is 38.4 Å². The van der Waals surface area contributed by atoms with E-state index in [-0.39, 0.29) is 11.9 Å². The van der Waals surface area contributed by atoms with Crippen LogP contribution in [0.2, 0.25) is 0 Å². The van der Waals surface area contributed by atoms with Gasteiger partial charge in [0.2, 0.25) is 5.91 Å². The summed E-state index contributed by atoms with van der Waals surface area (Å²) < 4.78 is 0. The minimum absolute atomic E-state index is 0.118. The number of hydrogen-bond acceptors (Lipinski definition) is 3. The van der Waals surface area contributed by atoms with Gasteiger partial charge in [-0.2, -0.15) is 0 Å². The van der Waals surface area contributed by atoms with Gasteiger partial charge in [0, 0.05) is 25.0 Å². The van der Waals surface area contributed by atoms with Crippen molar-refractivity contribution >= 4 is 5.91 Å². The first kappa shape index (κ1) is 12.0. The van der Waals surface area contributed by atoms with Gasteiger partial charge in [-0.05, 0) is 38.4 Å². The SMILES string of the molecule is CNC(C)C(=O)N(Cc1cccnc1)C1CC1. The van der Waals surface area contributed by atoms with E-state index in [0.29, 0.717) is 12.6 Å². The minimum atomic E-state index is -0.118. The number of amides is 1. The molecule has 0 spiro atoms. The molecule has 1 fully saturated rings. The van der Waals surface area contributed by atoms with E-state index in [0.717, 1.165) is 18.4 Å². The highest BCUT2D eigenvalue weighted by molar-refractivity contribution is 5.82. The molecular weight excluding hydrogens is 214 g/mol. The lowest BCUT2D eigenvalue weighted by atomic mass is 10.2. The number of pyridine rings is 1. The van der Waals surface area contributed by atoms with Crippen molar-refractivity contribution in [3.63, 3.8) is 0 Å². The van der Waals surface area contributed by atoms with Crippen LogP contribution < -0.4 is 5.32 Å². The second-order valence-corrected chi connectivity index (χ2v) is 4.57. The predicted molar refractivity (Wildman–Crippen MR) is 66.3 cm³/mol. The third-order valence-electron chi connectivity index (χ3n) is 3.15. The van der Waals surface area contributed by atoms with E-state index >= 15 is 0 Å². The van der Waals surface area contributed by atoms with Gasteiger partial charge in [0.15, 0.2) is 0 Å². The van der Waals surface area contributed by atoms with Crippen LogP contribution in [0.3, 0.4) is 0 Å². The van der Waals surface area contributed by atoms with E-state index in [2.05, 4.69) is 10.3 Å². The molecule has 4 heteroatoms. The van der Waals surface area contributed by atoms with E-state index < -0.39 is 0 Å². The number of carbonyl (C=O) groups excluding carboxylic acids is 1. The zero-order valence-corrected chi connectivity index (χ0v) is 10.4. The number of nitrogens with zero attached hydrogens (tertiary/aromatic N) is 2. The van der Waals surface area contributed by atoms with E-state index in [9.17, 15) is 4.79 Å². The molecule has 17 heavy (non-hydrogen) atoms. The largest absolute Gasteiger partial charge is 0.334 e. The highest BCUT2D eigenvalue weighted by atomic mass is 16.2. The predicted octanol–water partition coefficient (Wildman–Crippen LogP) is 1.18. The van der Waals surface area contributed by atoms with Crippen molar-refractivity contribution in [3.05, 3.63) is 30.1 Å². The summed E-state index contributed by atoms with van der Waals surface area (Å²) in [5.41, 5.74) is 1.09. The highest BCUT2D eigenvalue weighted by Crippen LogP contribution is 2.28. The van der Waals surface area contributed by atoms with Crippen molar-refractivity contribution in [2.24, 2.45) is 0 Å². The Labute approximate surface area is 102 Å². The topological polar surface area (TPSA) is 45.2 Å². The van der Waals surface area contributed by atoms with Gasteiger partial charge < -0.3 is 10.2 Å². The summed E-state index contributed by atoms with van der Waals surface area (Å²) in [6.07, 6.45) is 5.83. The number of hydrogen-bond donors (Lipinski definition) is 1. The molecule has 1 heterocycles. The molecule has 0 aromatic carbocycles. The van der Waals surface area contributed by atoms with Crippen LogP contribution in [0.5, 0.6) is 0 Å². The summed E-state index contributed by atoms with van der Waals surface area (Å²) in [7, 11) is 1.82. The second-order valence-electron chi connectivity index (χ2n) is 4.57. The monoisotopic (exact) mass is 233 g/mol. The Morgan fingerprint density at radius 2 is 2.41 bits per heavy atom. The molecule has 0 bridgehead atoms. The molecule has 92 valence electrons. The quantitative estimate of drug-likeness (QED) is 0.830. The number of rotatable bonds is 5. The molecule has 1 amide bonds. The van der Waals surface area contributed by atoms with E-state index in [1.807, 2.05) is 37.2 Å². The number of nitrogens with one attached hydrogen (secondary N) is 1. The Morgan fingerprint density at radius 1 is 1.65 bits per heavy atom. The van der Waals surface area contributed by atoms with Gasteiger partial charge in [-0.15, -0.1) is 0 Å². The Balaban J connectivity index is 2.05. The Hall–Kier alpha value is -1.42. The maximum atomic E-state index is 12.2. The molecule has 1 N–H and O–H groups in total. The molecule has 1 unspecified atom stereocenters. The minimum Gasteiger partial charge on any atom is -0.334 e. The third kappa shape index (κ3) is 3.03. The van der Waals surface area contributed by atoms with Gasteiger partial charge in [0.05, 0.1) is 6.04 Å². The van der Waals surface area contributed by atoms with E-state index in [4.69, 9.17) is 0 Å². The van der Waals surface area contributed by atoms with Crippen molar-refractivity contribution in [2.75, 3.05) is 7.05 Å². The van der Waals surface area contributed by atoms with Crippen LogP contribution in [-0.4, -0.2) is 34.9 Å². The fourth-order valence-corrected chi connectivity index (χ4v) is 1.83. The van der Waals surface area contributed by atoms with Crippen LogP contribution in [0.15, 0.2) is 24.5 Å². The summed E-state index contributed by atoms with van der Waals surface area (Å²) in [6, 6.07) is 4.23. The van der Waals surface area contributed by atoms with Gasteiger partial charge in [-0.25, -0.2) is 0 Å². The molecule has 0 aliphatic heterocycles. The van der Waals surface area contributed by atoms with Crippen molar-refractivity contribution in [3.8, 4) is 0 Å². The van der Waals surface area contributed by atoms with Crippen LogP contribution in [0.4, 0.5) is 0 Å². The zero-order valence-electron chi connectivity index (χ0n) is 10.4. The number of aromatic nitrogens is 1. The van der Waals surface area contributed by atoms with Crippen molar-refractivity contribution in [1.29, 1.82) is 0 Å². The standard InChI is InChI=1S/C13H19N3O/c1-10(14-2)13(17)16(12-5-6-12)9-11-4-3-7-15-8-11/h3-4,7-8,10,12,14H,5-6,9H2,1-2H3. The third-order valence-corrected chi connectivity index (χ3v) is 3.15. The van der Waals surface area contributed by atoms with E-state index in [1.54, 1.807) is 6.20 Å². The summed E-state index contributed by atoms with van der Waals surface area (Å²) in [5, 5.41) is 3.01. The fraction of sp³-hybridized carbons (Fsp3) is 0.538. The van der Waals surface area contributed by atoms with Crippen molar-refractivity contribution in [1.82, 2.24) is 15.2 Å². The second kappa shape index (κ2) is 5.27. The first-order valence-electron chi connectivity index (χ1n) is 6.09. The summed E-state index contributed by atoms with van der Waals surface area (Å²) in [4.78, 5) is 18.3. The molecule has 1 atom stereocenters. The van der Waals surface area contributed by atoms with Gasteiger partial charge in [0.25, 0.3) is 0 Å². The first-order chi connectivity index (χ1) is 8.22. The summed E-state index contributed by atoms with van der Waals surface area (Å²) >= 11 is 0. The Kier molecular flexibility index (Phi) is 3.74. The molecule has 1 aliphatic carbocycles. The van der Waals surface area contributed by atoms with Gasteiger partial charge in [0.1, 0.15) is 0 Å². The average molecular weight is 233 g/mol. The molecule has 1 saturated carbocycles. The zero-order chi connectivity index (χ0) is 12.3. The van der Waals surface area contributed by atoms with Crippen LogP contribution >= 0.6 is 0 Å². The Morgan fingerprint density at radius 3 is 2.94 bits per heavy atom.